The molecule has 0 aromatic heterocycles. The van der Waals surface area contributed by atoms with Gasteiger partial charge in [-0.1, -0.05) is 34.1 Å². The fourth-order valence-corrected chi connectivity index (χ4v) is 3.13. The van der Waals surface area contributed by atoms with Crippen LogP contribution < -0.4 is 0 Å². The highest BCUT2D eigenvalue weighted by Crippen LogP contribution is 2.46. The first-order valence-electron chi connectivity index (χ1n) is 6.24. The molecule has 0 N–H and O–H groups in total. The molecule has 2 unspecified atom stereocenters. The van der Waals surface area contributed by atoms with Crippen LogP contribution in [0.2, 0.25) is 0 Å². The van der Waals surface area contributed by atoms with E-state index in [-0.39, 0.29) is 18.3 Å². The van der Waals surface area contributed by atoms with Gasteiger partial charge in [0.2, 0.25) is 0 Å². The van der Waals surface area contributed by atoms with E-state index in [1.54, 1.807) is 0 Å². The molecule has 1 aliphatic carbocycles. The van der Waals surface area contributed by atoms with Crippen LogP contribution in [0.5, 0.6) is 0 Å². The summed E-state index contributed by atoms with van der Waals surface area (Å²) in [6.07, 6.45) is 2.75. The van der Waals surface area contributed by atoms with Crippen molar-refractivity contribution >= 4 is 0 Å². The summed E-state index contributed by atoms with van der Waals surface area (Å²) in [5, 5.41) is 0. The Bertz CT molecular complexity index is 197. The highest BCUT2D eigenvalue weighted by molar-refractivity contribution is 4.88. The Balaban J connectivity index is 2.92. The highest BCUT2D eigenvalue weighted by Gasteiger charge is 2.47. The topological polar surface area (TPSA) is 0 Å². The van der Waals surface area contributed by atoms with Gasteiger partial charge in [0, 0.05) is 12.3 Å². The number of rotatable bonds is 2. The average molecular weight is 218 g/mol. The Morgan fingerprint density at radius 1 is 1.00 bits per heavy atom. The van der Waals surface area contributed by atoms with Crippen molar-refractivity contribution in [1.82, 2.24) is 0 Å². The van der Waals surface area contributed by atoms with E-state index >= 15 is 0 Å². The third-order valence-electron chi connectivity index (χ3n) is 3.82. The highest BCUT2D eigenvalue weighted by atomic mass is 19.3. The zero-order valence-electron chi connectivity index (χ0n) is 10.4. The molecular weight excluding hydrogens is 194 g/mol. The molecule has 0 aromatic carbocycles. The van der Waals surface area contributed by atoms with Gasteiger partial charge in [-0.3, -0.25) is 0 Å². The van der Waals surface area contributed by atoms with E-state index in [0.29, 0.717) is 12.3 Å². The van der Waals surface area contributed by atoms with Crippen molar-refractivity contribution < 1.29 is 8.78 Å². The molecule has 1 saturated carbocycles. The van der Waals surface area contributed by atoms with Crippen LogP contribution >= 0.6 is 0 Å². The van der Waals surface area contributed by atoms with Gasteiger partial charge in [0.05, 0.1) is 0 Å². The monoisotopic (exact) mass is 218 g/mol. The SMILES string of the molecule is CC(C)C1CCCCC(F)(F)C1C(C)C. The predicted molar refractivity (Wildman–Crippen MR) is 60.1 cm³/mol. The largest absolute Gasteiger partial charge is 0.251 e. The smallest absolute Gasteiger partial charge is 0.207 e. The first kappa shape index (κ1) is 12.9. The third kappa shape index (κ3) is 2.92. The van der Waals surface area contributed by atoms with E-state index < -0.39 is 11.8 Å². The minimum Gasteiger partial charge on any atom is -0.207 e. The molecule has 0 radical (unpaired) electrons. The van der Waals surface area contributed by atoms with Crippen LogP contribution in [0.25, 0.3) is 0 Å². The van der Waals surface area contributed by atoms with E-state index in [9.17, 15) is 8.78 Å². The van der Waals surface area contributed by atoms with E-state index in [4.69, 9.17) is 0 Å². The molecule has 0 amide bonds. The van der Waals surface area contributed by atoms with E-state index in [1.807, 2.05) is 13.8 Å². The Morgan fingerprint density at radius 3 is 2.07 bits per heavy atom. The molecule has 0 nitrogen and oxygen atoms in total. The van der Waals surface area contributed by atoms with Crippen molar-refractivity contribution in [3.05, 3.63) is 0 Å². The van der Waals surface area contributed by atoms with Crippen molar-refractivity contribution in [3.8, 4) is 0 Å². The van der Waals surface area contributed by atoms with Crippen LogP contribution in [0.1, 0.15) is 53.4 Å². The molecule has 0 spiro atoms. The van der Waals surface area contributed by atoms with Crippen molar-refractivity contribution in [2.24, 2.45) is 23.7 Å². The van der Waals surface area contributed by atoms with Crippen LogP contribution in [-0.2, 0) is 0 Å². The molecule has 15 heavy (non-hydrogen) atoms. The lowest BCUT2D eigenvalue weighted by Gasteiger charge is -2.36. The zero-order valence-corrected chi connectivity index (χ0v) is 10.4. The molecule has 0 heterocycles. The molecule has 0 aliphatic heterocycles. The van der Waals surface area contributed by atoms with Gasteiger partial charge in [-0.25, -0.2) is 8.78 Å². The molecule has 2 heteroatoms. The van der Waals surface area contributed by atoms with Crippen LogP contribution in [0.3, 0.4) is 0 Å². The second-order valence-corrected chi connectivity index (χ2v) is 5.68. The van der Waals surface area contributed by atoms with Gasteiger partial charge in [0.1, 0.15) is 0 Å². The number of hydrogen-bond donors (Lipinski definition) is 0. The average Bonchev–Trinajstić information content (AvgIpc) is 2.22. The lowest BCUT2D eigenvalue weighted by molar-refractivity contribution is -0.105. The Kier molecular flexibility index (Phi) is 4.13. The Morgan fingerprint density at radius 2 is 1.60 bits per heavy atom. The first-order chi connectivity index (χ1) is 6.86. The predicted octanol–water partition coefficient (Wildman–Crippen LogP) is 4.74. The van der Waals surface area contributed by atoms with Gasteiger partial charge in [0.15, 0.2) is 0 Å². The molecular formula is C13H24F2. The number of hydrogen-bond acceptors (Lipinski definition) is 0. The molecule has 90 valence electrons. The molecule has 1 aliphatic rings. The summed E-state index contributed by atoms with van der Waals surface area (Å²) in [6.45, 7) is 8.06. The maximum atomic E-state index is 14.0. The van der Waals surface area contributed by atoms with Gasteiger partial charge < -0.3 is 0 Å². The maximum Gasteiger partial charge on any atom is 0.251 e. The molecule has 0 bridgehead atoms. The summed E-state index contributed by atoms with van der Waals surface area (Å²) in [7, 11) is 0. The summed E-state index contributed by atoms with van der Waals surface area (Å²) >= 11 is 0. The molecule has 2 atom stereocenters. The van der Waals surface area contributed by atoms with Gasteiger partial charge >= 0.3 is 0 Å². The van der Waals surface area contributed by atoms with E-state index in [0.717, 1.165) is 12.8 Å². The normalized spacial score (nSPS) is 32.0. The van der Waals surface area contributed by atoms with Crippen LogP contribution in [0, 0.1) is 23.7 Å². The lowest BCUT2D eigenvalue weighted by Crippen LogP contribution is -2.38. The first-order valence-corrected chi connectivity index (χ1v) is 6.24. The third-order valence-corrected chi connectivity index (χ3v) is 3.82. The van der Waals surface area contributed by atoms with Gasteiger partial charge in [0.25, 0.3) is 5.92 Å². The molecule has 1 rings (SSSR count). The minimum atomic E-state index is -2.44. The maximum absolute atomic E-state index is 14.0. The summed E-state index contributed by atoms with van der Waals surface area (Å²) < 4.78 is 28.0. The lowest BCUT2D eigenvalue weighted by atomic mass is 9.73. The number of halogens is 2. The van der Waals surface area contributed by atoms with Gasteiger partial charge in [-0.2, -0.15) is 0 Å². The van der Waals surface area contributed by atoms with Gasteiger partial charge in [-0.15, -0.1) is 0 Å². The van der Waals surface area contributed by atoms with Crippen molar-refractivity contribution in [2.45, 2.75) is 59.3 Å². The van der Waals surface area contributed by atoms with E-state index in [1.165, 1.54) is 0 Å². The summed E-state index contributed by atoms with van der Waals surface area (Å²) in [4.78, 5) is 0. The molecule has 0 saturated heterocycles. The molecule has 1 fully saturated rings. The van der Waals surface area contributed by atoms with Crippen molar-refractivity contribution in [3.63, 3.8) is 0 Å². The van der Waals surface area contributed by atoms with E-state index in [2.05, 4.69) is 13.8 Å². The summed E-state index contributed by atoms with van der Waals surface area (Å²) in [5.41, 5.74) is 0. The second kappa shape index (κ2) is 4.80. The van der Waals surface area contributed by atoms with Crippen LogP contribution in [0.15, 0.2) is 0 Å². The zero-order chi connectivity index (χ0) is 11.6. The minimum absolute atomic E-state index is 0.0884. The molecule has 0 aromatic rings. The summed E-state index contributed by atoms with van der Waals surface area (Å²) in [5.74, 6) is -2.20. The fourth-order valence-electron chi connectivity index (χ4n) is 3.13. The van der Waals surface area contributed by atoms with Crippen molar-refractivity contribution in [2.75, 3.05) is 0 Å². The van der Waals surface area contributed by atoms with Gasteiger partial charge in [-0.05, 0) is 30.6 Å². The van der Waals surface area contributed by atoms with Crippen LogP contribution in [-0.4, -0.2) is 5.92 Å². The standard InChI is InChI=1S/C13H24F2/c1-9(2)11-7-5-6-8-13(14,15)12(11)10(3)4/h9-12H,5-8H2,1-4H3. The Hall–Kier alpha value is -0.140. The fraction of sp³-hybridized carbons (Fsp3) is 1.00. The van der Waals surface area contributed by atoms with Crippen LogP contribution in [0.4, 0.5) is 8.78 Å². The van der Waals surface area contributed by atoms with Crippen molar-refractivity contribution in [1.29, 1.82) is 0 Å². The quantitative estimate of drug-likeness (QED) is 0.587. The Labute approximate surface area is 92.4 Å². The summed E-state index contributed by atoms with van der Waals surface area (Å²) in [6, 6.07) is 0. The second-order valence-electron chi connectivity index (χ2n) is 5.68. The number of alkyl halides is 2.